The molecule has 2 N–H and O–H groups in total. The van der Waals surface area contributed by atoms with Gasteiger partial charge in [0.1, 0.15) is 0 Å². The van der Waals surface area contributed by atoms with Gasteiger partial charge in [-0.25, -0.2) is 0 Å². The largest absolute Gasteiger partial charge is 0.488 e. The normalized spacial score (nSPS) is 10.0. The third-order valence-electron chi connectivity index (χ3n) is 2.69. The first-order valence-electron chi connectivity index (χ1n) is 5.39. The average molecular weight is 224 g/mol. The molecule has 0 unspecified atom stereocenters. The third kappa shape index (κ3) is 2.64. The molecule has 17 heavy (non-hydrogen) atoms. The molecule has 0 saturated heterocycles. The lowest BCUT2D eigenvalue weighted by molar-refractivity contribution is 0.426. The molecule has 2 rings (SSSR count). The number of hydrogen-bond donors (Lipinski definition) is 2. The van der Waals surface area contributed by atoms with E-state index in [9.17, 15) is 0 Å². The summed E-state index contributed by atoms with van der Waals surface area (Å²) in [5, 5.41) is 18.0. The van der Waals surface area contributed by atoms with E-state index >= 15 is 0 Å². The van der Waals surface area contributed by atoms with E-state index in [1.165, 1.54) is 0 Å². The Hall–Kier alpha value is -1.84. The van der Waals surface area contributed by atoms with Crippen molar-refractivity contribution in [2.45, 2.75) is 0 Å². The van der Waals surface area contributed by atoms with Gasteiger partial charge in [-0.2, -0.15) is 0 Å². The first kappa shape index (κ1) is 11.6. The van der Waals surface area contributed by atoms with Crippen molar-refractivity contribution in [1.29, 1.82) is 0 Å². The van der Waals surface area contributed by atoms with E-state index in [-0.39, 0.29) is 0 Å². The van der Waals surface area contributed by atoms with Crippen molar-refractivity contribution in [3.63, 3.8) is 0 Å². The highest BCUT2D eigenvalue weighted by atomic mass is 16.4. The van der Waals surface area contributed by atoms with E-state index in [0.29, 0.717) is 5.46 Å². The summed E-state index contributed by atoms with van der Waals surface area (Å²) >= 11 is 0. The van der Waals surface area contributed by atoms with Gasteiger partial charge in [0.15, 0.2) is 0 Å². The van der Waals surface area contributed by atoms with Crippen LogP contribution < -0.4 is 5.46 Å². The Morgan fingerprint density at radius 2 is 1.29 bits per heavy atom. The molecule has 0 heterocycles. The second-order valence-electron chi connectivity index (χ2n) is 3.82. The summed E-state index contributed by atoms with van der Waals surface area (Å²) < 4.78 is 0. The predicted molar refractivity (Wildman–Crippen MR) is 71.8 cm³/mol. The van der Waals surface area contributed by atoms with Crippen LogP contribution in [0.1, 0.15) is 5.56 Å². The summed E-state index contributed by atoms with van der Waals surface area (Å²) in [5.74, 6) is 0. The lowest BCUT2D eigenvalue weighted by Gasteiger charge is -2.04. The molecule has 0 saturated carbocycles. The summed E-state index contributed by atoms with van der Waals surface area (Å²) in [7, 11) is -1.41. The molecule has 2 nitrogen and oxygen atoms in total. The third-order valence-corrected chi connectivity index (χ3v) is 2.69. The smallest absolute Gasteiger partial charge is 0.423 e. The van der Waals surface area contributed by atoms with E-state index in [0.717, 1.165) is 16.7 Å². The van der Waals surface area contributed by atoms with Gasteiger partial charge in [-0.3, -0.25) is 0 Å². The predicted octanol–water partition coefficient (Wildman–Crippen LogP) is 1.68. The fourth-order valence-electron chi connectivity index (χ4n) is 1.66. The van der Waals surface area contributed by atoms with Gasteiger partial charge >= 0.3 is 7.12 Å². The lowest BCUT2D eigenvalue weighted by Crippen LogP contribution is -2.29. The number of rotatable bonds is 3. The maximum atomic E-state index is 9.00. The second kappa shape index (κ2) is 5.00. The van der Waals surface area contributed by atoms with Gasteiger partial charge in [0, 0.05) is 0 Å². The van der Waals surface area contributed by atoms with Crippen molar-refractivity contribution in [2.75, 3.05) is 0 Å². The summed E-state index contributed by atoms with van der Waals surface area (Å²) in [6, 6.07) is 15.2. The lowest BCUT2D eigenvalue weighted by atomic mass is 9.80. The fraction of sp³-hybridized carbons (Fsp3) is 0. The molecule has 0 aliphatic heterocycles. The van der Waals surface area contributed by atoms with Crippen LogP contribution in [0, 0.1) is 0 Å². The Morgan fingerprint density at radius 3 is 1.71 bits per heavy atom. The van der Waals surface area contributed by atoms with Gasteiger partial charge in [-0.1, -0.05) is 61.2 Å². The van der Waals surface area contributed by atoms with Crippen molar-refractivity contribution in [3.05, 3.63) is 60.7 Å². The molecule has 0 amide bonds. The Balaban J connectivity index is 2.29. The highest BCUT2D eigenvalue weighted by Crippen LogP contribution is 2.19. The fourth-order valence-corrected chi connectivity index (χ4v) is 1.66. The van der Waals surface area contributed by atoms with Crippen LogP contribution in [-0.4, -0.2) is 17.2 Å². The molecule has 84 valence electrons. The highest BCUT2D eigenvalue weighted by molar-refractivity contribution is 6.58. The zero-order valence-corrected chi connectivity index (χ0v) is 9.38. The zero-order valence-electron chi connectivity index (χ0n) is 9.38. The van der Waals surface area contributed by atoms with E-state index in [1.807, 2.05) is 36.4 Å². The Labute approximate surface area is 101 Å². The maximum Gasteiger partial charge on any atom is 0.488 e. The van der Waals surface area contributed by atoms with Gasteiger partial charge in [0.05, 0.1) is 0 Å². The molecule has 0 atom stereocenters. The van der Waals surface area contributed by atoms with Crippen molar-refractivity contribution >= 4 is 18.7 Å². The van der Waals surface area contributed by atoms with Gasteiger partial charge in [0.25, 0.3) is 0 Å². The van der Waals surface area contributed by atoms with Crippen molar-refractivity contribution < 1.29 is 10.0 Å². The first-order chi connectivity index (χ1) is 8.20. The maximum absolute atomic E-state index is 9.00. The molecule has 0 spiro atoms. The highest BCUT2D eigenvalue weighted by Gasteiger charge is 2.09. The zero-order chi connectivity index (χ0) is 12.3. The molecule has 0 fully saturated rings. The Kier molecular flexibility index (Phi) is 3.42. The molecule has 2 aromatic carbocycles. The molecule has 0 bridgehead atoms. The van der Waals surface area contributed by atoms with Crippen LogP contribution in [0.4, 0.5) is 0 Å². The summed E-state index contributed by atoms with van der Waals surface area (Å²) in [6.07, 6.45) is 1.80. The van der Waals surface area contributed by atoms with Crippen molar-refractivity contribution in [1.82, 2.24) is 0 Å². The van der Waals surface area contributed by atoms with E-state index < -0.39 is 7.12 Å². The first-order valence-corrected chi connectivity index (χ1v) is 5.39. The molecule has 0 aromatic heterocycles. The Bertz CT molecular complexity index is 501. The minimum absolute atomic E-state index is 0.497. The molecule has 0 aliphatic rings. The average Bonchev–Trinajstić information content (AvgIpc) is 2.39. The van der Waals surface area contributed by atoms with Gasteiger partial charge in [-0.15, -0.1) is 0 Å². The van der Waals surface area contributed by atoms with Gasteiger partial charge in [-0.05, 0) is 22.2 Å². The molecule has 0 aliphatic carbocycles. The summed E-state index contributed by atoms with van der Waals surface area (Å²) in [5.41, 5.74) is 3.72. The SMILES string of the molecule is C=Cc1ccc(-c2ccc(B(O)O)cc2)cc1. The van der Waals surface area contributed by atoms with Crippen LogP contribution in [0.5, 0.6) is 0 Å². The number of hydrogen-bond acceptors (Lipinski definition) is 2. The Morgan fingerprint density at radius 1 is 0.824 bits per heavy atom. The minimum atomic E-state index is -1.41. The molecular formula is C14H13BO2. The van der Waals surface area contributed by atoms with Crippen molar-refractivity contribution in [3.8, 4) is 11.1 Å². The molecular weight excluding hydrogens is 211 g/mol. The van der Waals surface area contributed by atoms with Gasteiger partial charge in [0.2, 0.25) is 0 Å². The van der Waals surface area contributed by atoms with Crippen LogP contribution in [0.2, 0.25) is 0 Å². The topological polar surface area (TPSA) is 40.5 Å². The van der Waals surface area contributed by atoms with Crippen LogP contribution in [0.25, 0.3) is 17.2 Å². The van der Waals surface area contributed by atoms with Crippen molar-refractivity contribution in [2.24, 2.45) is 0 Å². The van der Waals surface area contributed by atoms with E-state index in [4.69, 9.17) is 10.0 Å². The minimum Gasteiger partial charge on any atom is -0.423 e. The van der Waals surface area contributed by atoms with Crippen LogP contribution in [0.15, 0.2) is 55.1 Å². The molecule has 3 heteroatoms. The van der Waals surface area contributed by atoms with E-state index in [2.05, 4.69) is 6.58 Å². The monoisotopic (exact) mass is 224 g/mol. The molecule has 0 radical (unpaired) electrons. The van der Waals surface area contributed by atoms with Crippen LogP contribution in [-0.2, 0) is 0 Å². The summed E-state index contributed by atoms with van der Waals surface area (Å²) in [4.78, 5) is 0. The summed E-state index contributed by atoms with van der Waals surface area (Å²) in [6.45, 7) is 3.71. The van der Waals surface area contributed by atoms with Gasteiger partial charge < -0.3 is 10.0 Å². The quantitative estimate of drug-likeness (QED) is 0.778. The molecule has 2 aromatic rings. The van der Waals surface area contributed by atoms with E-state index in [1.54, 1.807) is 18.2 Å². The standard InChI is InChI=1S/C14H13BO2/c1-2-11-3-5-12(6-4-11)13-7-9-14(10-8-13)15(16)17/h2-10,16-17H,1H2. The second-order valence-corrected chi connectivity index (χ2v) is 3.82. The number of benzene rings is 2. The van der Waals surface area contributed by atoms with Crippen LogP contribution >= 0.6 is 0 Å². The van der Waals surface area contributed by atoms with Crippen LogP contribution in [0.3, 0.4) is 0 Å².